The fourth-order valence-electron chi connectivity index (χ4n) is 5.13. The predicted molar refractivity (Wildman–Crippen MR) is 180 cm³/mol. The van der Waals surface area contributed by atoms with Gasteiger partial charge in [0.15, 0.2) is 5.78 Å². The number of carbonyl (C=O) groups is 4. The van der Waals surface area contributed by atoms with Gasteiger partial charge in [-0.25, -0.2) is 14.4 Å². The Morgan fingerprint density at radius 2 is 1.37 bits per heavy atom. The molecule has 1 aromatic heterocycles. The number of carboxylic acid groups (broad SMARTS) is 2. The van der Waals surface area contributed by atoms with Crippen LogP contribution in [0.5, 0.6) is 0 Å². The second-order valence-corrected chi connectivity index (χ2v) is 11.9. The van der Waals surface area contributed by atoms with Crippen molar-refractivity contribution in [2.75, 3.05) is 19.6 Å². The molecule has 0 radical (unpaired) electrons. The van der Waals surface area contributed by atoms with Crippen molar-refractivity contribution in [3.63, 3.8) is 0 Å². The third-order valence-corrected chi connectivity index (χ3v) is 7.65. The molecule has 0 saturated heterocycles. The second kappa shape index (κ2) is 19.5. The van der Waals surface area contributed by atoms with Gasteiger partial charge in [-0.3, -0.25) is 4.79 Å². The Bertz CT molecular complexity index is 1420. The van der Waals surface area contributed by atoms with Crippen LogP contribution in [0.25, 0.3) is 11.0 Å². The summed E-state index contributed by atoms with van der Waals surface area (Å²) in [6, 6.07) is 11.7. The number of hydrogen-bond donors (Lipinski definition) is 2. The Kier molecular flexibility index (Phi) is 16.2. The fraction of sp³-hybridized carbons (Fsp3) is 0.514. The van der Waals surface area contributed by atoms with E-state index in [1.807, 2.05) is 39.0 Å². The van der Waals surface area contributed by atoms with Crippen molar-refractivity contribution in [3.8, 4) is 0 Å². The van der Waals surface area contributed by atoms with Gasteiger partial charge in [0.2, 0.25) is 0 Å². The Morgan fingerprint density at radius 3 is 1.89 bits per heavy atom. The summed E-state index contributed by atoms with van der Waals surface area (Å²) in [7, 11) is 0. The van der Waals surface area contributed by atoms with E-state index in [-0.39, 0.29) is 17.9 Å². The summed E-state index contributed by atoms with van der Waals surface area (Å²) in [5, 5.41) is 15.5. The number of ether oxygens (including phenoxy) is 1. The highest BCUT2D eigenvalue weighted by Gasteiger charge is 2.24. The van der Waals surface area contributed by atoms with Gasteiger partial charge in [-0.2, -0.15) is 0 Å². The number of furan rings is 1. The van der Waals surface area contributed by atoms with Crippen LogP contribution in [-0.2, 0) is 27.2 Å². The summed E-state index contributed by atoms with van der Waals surface area (Å²) in [5.74, 6) is -3.39. The molecule has 252 valence electrons. The molecule has 9 heteroatoms. The molecule has 46 heavy (non-hydrogen) atoms. The van der Waals surface area contributed by atoms with Gasteiger partial charge in [-0.05, 0) is 95.8 Å². The average molecular weight is 638 g/mol. The molecule has 3 rings (SSSR count). The second-order valence-electron chi connectivity index (χ2n) is 11.9. The zero-order chi connectivity index (χ0) is 34.2. The van der Waals surface area contributed by atoms with Crippen molar-refractivity contribution < 1.29 is 38.5 Å². The van der Waals surface area contributed by atoms with Crippen LogP contribution in [0.4, 0.5) is 0 Å². The summed E-state index contributed by atoms with van der Waals surface area (Å²) in [6.45, 7) is 15.6. The number of aryl methyl sites for hydroxylation is 3. The lowest BCUT2D eigenvalue weighted by atomic mass is 9.95. The molecule has 0 atom stereocenters. The van der Waals surface area contributed by atoms with E-state index in [0.29, 0.717) is 39.8 Å². The van der Waals surface area contributed by atoms with Crippen molar-refractivity contribution in [3.05, 3.63) is 70.0 Å². The lowest BCUT2D eigenvalue weighted by molar-refractivity contribution is -0.159. The largest absolute Gasteiger partial charge is 0.473 e. The van der Waals surface area contributed by atoms with Crippen LogP contribution in [0.15, 0.2) is 40.8 Å². The van der Waals surface area contributed by atoms with E-state index in [2.05, 4.69) is 37.8 Å². The SMILES string of the molecule is CCCCc1oc2cc(C)c(C(=O)OC(C)C)cc2c1C(=O)c1ccc(CCCN(CCCC)CCCC)cc1.O=C(O)C(=O)O. The molecule has 0 saturated carbocycles. The Morgan fingerprint density at radius 1 is 0.804 bits per heavy atom. The van der Waals surface area contributed by atoms with Gasteiger partial charge >= 0.3 is 17.9 Å². The molecular weight excluding hydrogens is 586 g/mol. The summed E-state index contributed by atoms with van der Waals surface area (Å²) in [6.07, 6.45) is 9.47. The molecule has 0 bridgehead atoms. The van der Waals surface area contributed by atoms with E-state index in [9.17, 15) is 9.59 Å². The number of fused-ring (bicyclic) bond motifs is 1. The van der Waals surface area contributed by atoms with E-state index in [0.717, 1.165) is 37.8 Å². The van der Waals surface area contributed by atoms with Gasteiger partial charge in [0.05, 0.1) is 17.2 Å². The van der Waals surface area contributed by atoms with Crippen LogP contribution in [0, 0.1) is 6.92 Å². The maximum Gasteiger partial charge on any atom is 0.414 e. The molecule has 0 amide bonds. The van der Waals surface area contributed by atoms with E-state index in [1.165, 1.54) is 44.3 Å². The first kappa shape index (κ1) is 38.2. The highest BCUT2D eigenvalue weighted by molar-refractivity contribution is 6.27. The van der Waals surface area contributed by atoms with Crippen LogP contribution in [0.3, 0.4) is 0 Å². The number of nitrogens with zero attached hydrogens (tertiary/aromatic N) is 1. The number of hydrogen-bond acceptors (Lipinski definition) is 7. The topological polar surface area (TPSA) is 134 Å². The standard InChI is InChI=1S/C35H49NO4.C2H2O4/c1-7-10-15-31-33(30-24-29(35(38)39-25(4)5)26(6)23-32(30)40-31)34(37)28-18-16-27(17-19-28)14-13-22-36(20-11-8-2)21-12-9-3;3-1(4)2(5)6/h16-19,23-25H,7-15,20-22H2,1-6H3;(H,3,4)(H,5,6). The summed E-state index contributed by atoms with van der Waals surface area (Å²) >= 11 is 0. The Labute approximate surface area is 272 Å². The highest BCUT2D eigenvalue weighted by Crippen LogP contribution is 2.32. The monoisotopic (exact) mass is 637 g/mol. The Balaban J connectivity index is 0.00000112. The quantitative estimate of drug-likeness (QED) is 0.0861. The number of benzene rings is 2. The summed E-state index contributed by atoms with van der Waals surface area (Å²) in [5.41, 5.74) is 4.35. The summed E-state index contributed by atoms with van der Waals surface area (Å²) in [4.78, 5) is 47.5. The molecule has 0 fully saturated rings. The van der Waals surface area contributed by atoms with Crippen LogP contribution < -0.4 is 0 Å². The van der Waals surface area contributed by atoms with Gasteiger partial charge in [0.1, 0.15) is 11.3 Å². The number of aliphatic carboxylic acids is 2. The number of rotatable bonds is 17. The maximum atomic E-state index is 13.9. The fourth-order valence-corrected chi connectivity index (χ4v) is 5.13. The van der Waals surface area contributed by atoms with Gasteiger partial charge in [-0.1, -0.05) is 64.3 Å². The van der Waals surface area contributed by atoms with Gasteiger partial charge in [-0.15, -0.1) is 0 Å². The van der Waals surface area contributed by atoms with E-state index in [4.69, 9.17) is 29.0 Å². The molecule has 2 N–H and O–H groups in total. The number of unbranched alkanes of at least 4 members (excludes halogenated alkanes) is 3. The number of carboxylic acids is 2. The molecule has 0 aliphatic heterocycles. The smallest absolute Gasteiger partial charge is 0.414 e. The molecule has 0 spiro atoms. The van der Waals surface area contributed by atoms with E-state index < -0.39 is 11.9 Å². The van der Waals surface area contributed by atoms with Crippen molar-refractivity contribution in [2.24, 2.45) is 0 Å². The molecule has 2 aromatic carbocycles. The number of ketones is 1. The first-order valence-electron chi connectivity index (χ1n) is 16.5. The molecule has 0 unspecified atom stereocenters. The predicted octanol–water partition coefficient (Wildman–Crippen LogP) is 7.87. The van der Waals surface area contributed by atoms with Crippen molar-refractivity contribution >= 4 is 34.7 Å². The van der Waals surface area contributed by atoms with Crippen molar-refractivity contribution in [2.45, 2.75) is 105 Å². The van der Waals surface area contributed by atoms with Crippen LogP contribution in [-0.4, -0.2) is 64.5 Å². The molecule has 9 nitrogen and oxygen atoms in total. The van der Waals surface area contributed by atoms with Crippen LogP contribution >= 0.6 is 0 Å². The van der Waals surface area contributed by atoms with Crippen molar-refractivity contribution in [1.82, 2.24) is 4.90 Å². The lowest BCUT2D eigenvalue weighted by Crippen LogP contribution is -2.27. The maximum absolute atomic E-state index is 13.9. The molecule has 0 aliphatic rings. The minimum Gasteiger partial charge on any atom is -0.473 e. The zero-order valence-electron chi connectivity index (χ0n) is 28.3. The van der Waals surface area contributed by atoms with E-state index in [1.54, 1.807) is 6.07 Å². The average Bonchev–Trinajstić information content (AvgIpc) is 3.37. The minimum absolute atomic E-state index is 0.0614. The summed E-state index contributed by atoms with van der Waals surface area (Å²) < 4.78 is 11.7. The molecule has 3 aromatic rings. The van der Waals surface area contributed by atoms with Crippen LogP contribution in [0.2, 0.25) is 0 Å². The first-order valence-corrected chi connectivity index (χ1v) is 16.5. The molecule has 0 aliphatic carbocycles. The normalized spacial score (nSPS) is 11.0. The zero-order valence-corrected chi connectivity index (χ0v) is 28.3. The van der Waals surface area contributed by atoms with Gasteiger partial charge < -0.3 is 24.3 Å². The molecule has 1 heterocycles. The van der Waals surface area contributed by atoms with Gasteiger partial charge in [0.25, 0.3) is 0 Å². The Hall–Kier alpha value is -3.98. The van der Waals surface area contributed by atoms with E-state index >= 15 is 0 Å². The van der Waals surface area contributed by atoms with Crippen LogP contribution in [0.1, 0.15) is 123 Å². The van der Waals surface area contributed by atoms with Crippen molar-refractivity contribution in [1.29, 1.82) is 0 Å². The highest BCUT2D eigenvalue weighted by atomic mass is 16.5. The van der Waals surface area contributed by atoms with Gasteiger partial charge in [0, 0.05) is 17.4 Å². The first-order chi connectivity index (χ1) is 21.9. The number of carbonyl (C=O) groups excluding carboxylic acids is 2. The third-order valence-electron chi connectivity index (χ3n) is 7.65. The third kappa shape index (κ3) is 11.7. The minimum atomic E-state index is -1.82. The molecular formula is C37H51NO8. The number of esters is 1. The lowest BCUT2D eigenvalue weighted by Gasteiger charge is -2.21.